The second kappa shape index (κ2) is 10.5. The van der Waals surface area contributed by atoms with Gasteiger partial charge in [0.1, 0.15) is 5.75 Å². The lowest BCUT2D eigenvalue weighted by atomic mass is 9.89. The highest BCUT2D eigenvalue weighted by atomic mass is 16.5. The molecule has 1 aliphatic heterocycles. The molecule has 31 heavy (non-hydrogen) atoms. The van der Waals surface area contributed by atoms with E-state index in [-0.39, 0.29) is 5.91 Å². The largest absolute Gasteiger partial charge is 0.497 e. The van der Waals surface area contributed by atoms with Gasteiger partial charge in [0, 0.05) is 46.3 Å². The maximum Gasteiger partial charge on any atom is 0.236 e. The molecule has 0 unspecified atom stereocenters. The van der Waals surface area contributed by atoms with Crippen LogP contribution >= 0.6 is 0 Å². The number of carbonyl (C=O) groups excluding carboxylic acids is 1. The maximum absolute atomic E-state index is 12.8. The minimum Gasteiger partial charge on any atom is -0.497 e. The Bertz CT molecular complexity index is 870. The Hall–Kier alpha value is -2.11. The molecule has 2 aromatic rings. The van der Waals surface area contributed by atoms with Crippen LogP contribution in [0.5, 0.6) is 5.75 Å². The predicted molar refractivity (Wildman–Crippen MR) is 126 cm³/mol. The van der Waals surface area contributed by atoms with Crippen molar-refractivity contribution < 1.29 is 9.53 Å². The zero-order chi connectivity index (χ0) is 21.6. The van der Waals surface area contributed by atoms with Crippen molar-refractivity contribution in [3.63, 3.8) is 0 Å². The van der Waals surface area contributed by atoms with E-state index in [0.29, 0.717) is 13.1 Å². The van der Waals surface area contributed by atoms with Crippen molar-refractivity contribution in [3.8, 4) is 5.75 Å². The highest BCUT2D eigenvalue weighted by Gasteiger charge is 2.23. The van der Waals surface area contributed by atoms with Gasteiger partial charge in [0.05, 0.1) is 13.7 Å². The molecule has 0 N–H and O–H groups in total. The van der Waals surface area contributed by atoms with Gasteiger partial charge in [0.25, 0.3) is 0 Å². The normalized spacial score (nSPS) is 18.9. The summed E-state index contributed by atoms with van der Waals surface area (Å²) in [4.78, 5) is 19.6. The van der Waals surface area contributed by atoms with Crippen molar-refractivity contribution in [3.05, 3.63) is 42.0 Å². The predicted octanol–water partition coefficient (Wildman–Crippen LogP) is 4.00. The van der Waals surface area contributed by atoms with Crippen LogP contribution in [0.2, 0.25) is 0 Å². The van der Waals surface area contributed by atoms with E-state index in [1.807, 2.05) is 24.1 Å². The van der Waals surface area contributed by atoms with Gasteiger partial charge in [-0.3, -0.25) is 9.69 Å². The molecular weight excluding hydrogens is 386 g/mol. The Labute approximate surface area is 186 Å². The fraction of sp³-hybridized carbons (Fsp3) is 0.577. The molecule has 5 nitrogen and oxygen atoms in total. The lowest BCUT2D eigenvalue weighted by Crippen LogP contribution is -2.50. The Morgan fingerprint density at radius 3 is 2.39 bits per heavy atom. The molecule has 0 aromatic heterocycles. The first-order chi connectivity index (χ1) is 15.1. The first kappa shape index (κ1) is 22.1. The molecule has 0 atom stereocenters. The molecule has 4 rings (SSSR count). The quantitative estimate of drug-likeness (QED) is 0.674. The van der Waals surface area contributed by atoms with Crippen LogP contribution in [0, 0.1) is 5.92 Å². The topological polar surface area (TPSA) is 36.0 Å². The van der Waals surface area contributed by atoms with E-state index >= 15 is 0 Å². The number of fused-ring (bicyclic) bond motifs is 1. The third kappa shape index (κ3) is 5.98. The molecule has 1 saturated heterocycles. The summed E-state index contributed by atoms with van der Waals surface area (Å²) in [6, 6.07) is 12.5. The van der Waals surface area contributed by atoms with E-state index in [4.69, 9.17) is 4.74 Å². The summed E-state index contributed by atoms with van der Waals surface area (Å²) in [6.07, 6.45) is 7.07. The number of piperazine rings is 1. The summed E-state index contributed by atoms with van der Waals surface area (Å²) in [5, 5.41) is 2.33. The monoisotopic (exact) mass is 423 g/mol. The van der Waals surface area contributed by atoms with Gasteiger partial charge in [-0.25, -0.2) is 0 Å². The fourth-order valence-corrected chi connectivity index (χ4v) is 5.04. The first-order valence-electron chi connectivity index (χ1n) is 11.9. The average Bonchev–Trinajstić information content (AvgIpc) is 2.80. The zero-order valence-electron chi connectivity index (χ0n) is 19.2. The summed E-state index contributed by atoms with van der Waals surface area (Å²) < 4.78 is 5.30. The highest BCUT2D eigenvalue weighted by molar-refractivity contribution is 5.84. The summed E-state index contributed by atoms with van der Waals surface area (Å²) in [5.74, 6) is 1.97. The average molecular weight is 424 g/mol. The van der Waals surface area contributed by atoms with E-state index in [9.17, 15) is 4.79 Å². The summed E-state index contributed by atoms with van der Waals surface area (Å²) in [5.41, 5.74) is 1.16. The van der Waals surface area contributed by atoms with Crippen molar-refractivity contribution in [2.45, 2.75) is 38.6 Å². The van der Waals surface area contributed by atoms with Crippen LogP contribution in [-0.4, -0.2) is 74.0 Å². The van der Waals surface area contributed by atoms with Crippen LogP contribution in [0.3, 0.4) is 0 Å². The van der Waals surface area contributed by atoms with Gasteiger partial charge in [0.2, 0.25) is 5.91 Å². The van der Waals surface area contributed by atoms with Gasteiger partial charge >= 0.3 is 0 Å². The van der Waals surface area contributed by atoms with E-state index < -0.39 is 0 Å². The summed E-state index contributed by atoms with van der Waals surface area (Å²) >= 11 is 0. The maximum atomic E-state index is 12.8. The smallest absolute Gasteiger partial charge is 0.236 e. The number of hydrogen-bond donors (Lipinski definition) is 0. The molecule has 168 valence electrons. The molecule has 0 radical (unpaired) electrons. The highest BCUT2D eigenvalue weighted by Crippen LogP contribution is 2.25. The van der Waals surface area contributed by atoms with Crippen LogP contribution in [0.4, 0.5) is 0 Å². The number of likely N-dealkylation sites (N-methyl/N-ethyl adjacent to an activating group) is 1. The lowest BCUT2D eigenvalue weighted by molar-refractivity contribution is -0.132. The third-order valence-corrected chi connectivity index (χ3v) is 7.02. The number of carbonyl (C=O) groups is 1. The van der Waals surface area contributed by atoms with E-state index in [0.717, 1.165) is 48.8 Å². The minimum absolute atomic E-state index is 0.204. The van der Waals surface area contributed by atoms with Gasteiger partial charge in [0.15, 0.2) is 0 Å². The van der Waals surface area contributed by atoms with Crippen molar-refractivity contribution >= 4 is 16.7 Å². The SMILES string of the molecule is COc1ccc2cc(CN(C)C(=O)CN3CCN(CC4CCCCC4)CC3)ccc2c1. The third-order valence-electron chi connectivity index (χ3n) is 7.02. The second-order valence-electron chi connectivity index (χ2n) is 9.38. The Morgan fingerprint density at radius 2 is 1.65 bits per heavy atom. The number of amides is 1. The van der Waals surface area contributed by atoms with E-state index in [1.165, 1.54) is 44.0 Å². The summed E-state index contributed by atoms with van der Waals surface area (Å²) in [6.45, 7) is 6.63. The molecule has 2 aliphatic rings. The number of hydrogen-bond acceptors (Lipinski definition) is 4. The summed E-state index contributed by atoms with van der Waals surface area (Å²) in [7, 11) is 3.60. The van der Waals surface area contributed by atoms with Gasteiger partial charge in [-0.2, -0.15) is 0 Å². The van der Waals surface area contributed by atoms with Crippen molar-refractivity contribution in [2.75, 3.05) is 53.4 Å². The van der Waals surface area contributed by atoms with E-state index in [1.54, 1.807) is 7.11 Å². The van der Waals surface area contributed by atoms with Crippen LogP contribution in [-0.2, 0) is 11.3 Å². The molecule has 5 heteroatoms. The molecule has 1 saturated carbocycles. The van der Waals surface area contributed by atoms with Crippen molar-refractivity contribution in [1.29, 1.82) is 0 Å². The Morgan fingerprint density at radius 1 is 0.968 bits per heavy atom. The van der Waals surface area contributed by atoms with Gasteiger partial charge in [-0.05, 0) is 53.3 Å². The number of benzene rings is 2. The number of rotatable bonds is 7. The van der Waals surface area contributed by atoms with Crippen LogP contribution < -0.4 is 4.74 Å². The van der Waals surface area contributed by atoms with Crippen LogP contribution in [0.15, 0.2) is 36.4 Å². The molecule has 2 aromatic carbocycles. The van der Waals surface area contributed by atoms with E-state index in [2.05, 4.69) is 34.1 Å². The molecule has 1 amide bonds. The minimum atomic E-state index is 0.204. The molecule has 0 bridgehead atoms. The van der Waals surface area contributed by atoms with Crippen LogP contribution in [0.25, 0.3) is 10.8 Å². The van der Waals surface area contributed by atoms with Gasteiger partial charge < -0.3 is 14.5 Å². The fourth-order valence-electron chi connectivity index (χ4n) is 5.04. The molecule has 0 spiro atoms. The standard InChI is InChI=1S/C26H37N3O2/c1-27(18-22-8-9-24-17-25(31-2)11-10-23(24)16-22)26(30)20-29-14-12-28(13-15-29)19-21-6-4-3-5-7-21/h8-11,16-17,21H,3-7,12-15,18-20H2,1-2H3. The number of ether oxygens (including phenoxy) is 1. The Balaban J connectivity index is 1.24. The molecule has 2 fully saturated rings. The molecule has 1 aliphatic carbocycles. The number of nitrogens with zero attached hydrogens (tertiary/aromatic N) is 3. The number of methoxy groups -OCH3 is 1. The van der Waals surface area contributed by atoms with Gasteiger partial charge in [-0.15, -0.1) is 0 Å². The second-order valence-corrected chi connectivity index (χ2v) is 9.38. The van der Waals surface area contributed by atoms with Crippen molar-refractivity contribution in [1.82, 2.24) is 14.7 Å². The first-order valence-corrected chi connectivity index (χ1v) is 11.9. The zero-order valence-corrected chi connectivity index (χ0v) is 19.2. The Kier molecular flexibility index (Phi) is 7.46. The lowest BCUT2D eigenvalue weighted by Gasteiger charge is -2.37. The van der Waals surface area contributed by atoms with Gasteiger partial charge in [-0.1, -0.05) is 37.5 Å². The molecular formula is C26H37N3O2. The van der Waals surface area contributed by atoms with Crippen molar-refractivity contribution in [2.24, 2.45) is 5.92 Å². The van der Waals surface area contributed by atoms with Crippen LogP contribution in [0.1, 0.15) is 37.7 Å². The molecule has 1 heterocycles.